The Hall–Kier alpha value is -1.31. The number of aryl methyl sites for hydroxylation is 1. The van der Waals surface area contributed by atoms with Crippen molar-refractivity contribution in [2.24, 2.45) is 0 Å². The van der Waals surface area contributed by atoms with Crippen LogP contribution in [0.2, 0.25) is 0 Å². The Bertz CT molecular complexity index is 638. The lowest BCUT2D eigenvalue weighted by Gasteiger charge is -2.06. The summed E-state index contributed by atoms with van der Waals surface area (Å²) in [5, 5.41) is 0. The molecule has 0 aliphatic rings. The van der Waals surface area contributed by atoms with E-state index in [0.29, 0.717) is 27.1 Å². The molecule has 100 valence electrons. The van der Waals surface area contributed by atoms with E-state index in [1.165, 1.54) is 24.3 Å². The number of nitrogens with one attached hydrogen (secondary N) is 1. The van der Waals surface area contributed by atoms with Gasteiger partial charge in [-0.25, -0.2) is 13.8 Å². The fourth-order valence-corrected chi connectivity index (χ4v) is 2.30. The second-order valence-electron chi connectivity index (χ2n) is 3.95. The highest BCUT2D eigenvalue weighted by Crippen LogP contribution is 2.22. The topological polar surface area (TPSA) is 45.8 Å². The van der Waals surface area contributed by atoms with Crippen molar-refractivity contribution < 1.29 is 8.78 Å². The SMILES string of the molecule is CCc1nc(-c2ccc(C(F)F)cc2)[nH]c(=O)c1I. The van der Waals surface area contributed by atoms with E-state index in [1.807, 2.05) is 29.5 Å². The third kappa shape index (κ3) is 2.99. The highest BCUT2D eigenvalue weighted by molar-refractivity contribution is 14.1. The molecule has 1 N–H and O–H groups in total. The Kier molecular flexibility index (Phi) is 4.28. The summed E-state index contributed by atoms with van der Waals surface area (Å²) in [7, 11) is 0. The third-order valence-electron chi connectivity index (χ3n) is 2.70. The van der Waals surface area contributed by atoms with Gasteiger partial charge in [-0.05, 0) is 29.0 Å². The van der Waals surface area contributed by atoms with Gasteiger partial charge in [0.2, 0.25) is 0 Å². The molecule has 0 atom stereocenters. The van der Waals surface area contributed by atoms with E-state index in [9.17, 15) is 13.6 Å². The van der Waals surface area contributed by atoms with Gasteiger partial charge in [0, 0.05) is 11.1 Å². The molecule has 0 spiro atoms. The first kappa shape index (κ1) is 14.1. The van der Waals surface area contributed by atoms with Crippen molar-refractivity contribution in [3.8, 4) is 11.4 Å². The molecule has 0 aliphatic carbocycles. The minimum absolute atomic E-state index is 0.0488. The van der Waals surface area contributed by atoms with Crippen LogP contribution in [-0.2, 0) is 6.42 Å². The standard InChI is InChI=1S/C13H11F2IN2O/c1-2-9-10(16)13(19)18-12(17-9)8-5-3-7(4-6-8)11(14)15/h3-6,11H,2H2,1H3,(H,17,18,19). The quantitative estimate of drug-likeness (QED) is 0.834. The predicted octanol–water partition coefficient (Wildman–Crippen LogP) is 3.54. The lowest BCUT2D eigenvalue weighted by atomic mass is 10.1. The lowest BCUT2D eigenvalue weighted by molar-refractivity contribution is 0.151. The van der Waals surface area contributed by atoms with Crippen LogP contribution in [0, 0.1) is 3.57 Å². The summed E-state index contributed by atoms with van der Waals surface area (Å²) in [6.07, 6.45) is -1.85. The van der Waals surface area contributed by atoms with Crippen LogP contribution in [-0.4, -0.2) is 9.97 Å². The molecule has 0 aliphatic heterocycles. The van der Waals surface area contributed by atoms with Crippen molar-refractivity contribution in [2.75, 3.05) is 0 Å². The summed E-state index contributed by atoms with van der Waals surface area (Å²) in [5.41, 5.74) is 1.07. The molecule has 0 saturated heterocycles. The fourth-order valence-electron chi connectivity index (χ4n) is 1.66. The minimum atomic E-state index is -2.50. The zero-order valence-corrected chi connectivity index (χ0v) is 12.2. The molecule has 0 unspecified atom stereocenters. The van der Waals surface area contributed by atoms with Crippen molar-refractivity contribution >= 4 is 22.6 Å². The number of aromatic amines is 1. The Morgan fingerprint density at radius 2 is 1.95 bits per heavy atom. The second kappa shape index (κ2) is 5.77. The molecule has 1 aromatic carbocycles. The summed E-state index contributed by atoms with van der Waals surface area (Å²) in [4.78, 5) is 18.7. The van der Waals surface area contributed by atoms with E-state index in [-0.39, 0.29) is 11.1 Å². The van der Waals surface area contributed by atoms with Gasteiger partial charge in [-0.3, -0.25) is 4.79 Å². The molecule has 1 heterocycles. The van der Waals surface area contributed by atoms with Crippen molar-refractivity contribution in [3.05, 3.63) is 49.4 Å². The first-order valence-corrected chi connectivity index (χ1v) is 6.78. The van der Waals surface area contributed by atoms with Crippen LogP contribution < -0.4 is 5.56 Å². The Morgan fingerprint density at radius 3 is 2.47 bits per heavy atom. The smallest absolute Gasteiger partial charge is 0.264 e. The molecular weight excluding hydrogens is 365 g/mol. The highest BCUT2D eigenvalue weighted by Gasteiger charge is 2.10. The van der Waals surface area contributed by atoms with Gasteiger partial charge in [0.15, 0.2) is 0 Å². The zero-order chi connectivity index (χ0) is 14.0. The Balaban J connectivity index is 2.47. The van der Waals surface area contributed by atoms with Gasteiger partial charge in [0.05, 0.1) is 9.26 Å². The Labute approximate surface area is 122 Å². The summed E-state index contributed by atoms with van der Waals surface area (Å²) in [5.74, 6) is 0.406. The molecule has 1 aromatic heterocycles. The van der Waals surface area contributed by atoms with E-state index in [1.54, 1.807) is 0 Å². The number of benzene rings is 1. The number of alkyl halides is 2. The Morgan fingerprint density at radius 1 is 1.32 bits per heavy atom. The maximum Gasteiger partial charge on any atom is 0.264 e. The van der Waals surface area contributed by atoms with Crippen molar-refractivity contribution in [1.29, 1.82) is 0 Å². The zero-order valence-electron chi connectivity index (χ0n) is 10.1. The van der Waals surface area contributed by atoms with E-state index in [4.69, 9.17) is 0 Å². The summed E-state index contributed by atoms with van der Waals surface area (Å²) in [6, 6.07) is 5.74. The van der Waals surface area contributed by atoms with Crippen LogP contribution in [0.5, 0.6) is 0 Å². The number of rotatable bonds is 3. The maximum atomic E-state index is 12.5. The van der Waals surface area contributed by atoms with Crippen LogP contribution in [0.15, 0.2) is 29.1 Å². The van der Waals surface area contributed by atoms with Crippen LogP contribution in [0.4, 0.5) is 8.78 Å². The normalized spacial score (nSPS) is 11.0. The molecule has 6 heteroatoms. The molecule has 0 amide bonds. The maximum absolute atomic E-state index is 12.5. The van der Waals surface area contributed by atoms with Crippen LogP contribution in [0.25, 0.3) is 11.4 Å². The van der Waals surface area contributed by atoms with Gasteiger partial charge in [-0.2, -0.15) is 0 Å². The molecule has 0 radical (unpaired) electrons. The first-order valence-electron chi connectivity index (χ1n) is 5.70. The molecule has 0 fully saturated rings. The van der Waals surface area contributed by atoms with Crippen LogP contribution >= 0.6 is 22.6 Å². The number of aromatic nitrogens is 2. The van der Waals surface area contributed by atoms with Crippen LogP contribution in [0.3, 0.4) is 0 Å². The summed E-state index contributed by atoms with van der Waals surface area (Å²) >= 11 is 1.95. The first-order chi connectivity index (χ1) is 9.02. The minimum Gasteiger partial charge on any atom is -0.306 e. The number of H-pyrrole nitrogens is 1. The fraction of sp³-hybridized carbons (Fsp3) is 0.231. The molecule has 2 rings (SSSR count). The molecule has 0 saturated carbocycles. The average molecular weight is 376 g/mol. The monoisotopic (exact) mass is 376 g/mol. The summed E-state index contributed by atoms with van der Waals surface area (Å²) in [6.45, 7) is 1.91. The number of hydrogen-bond donors (Lipinski definition) is 1. The van der Waals surface area contributed by atoms with Gasteiger partial charge in [0.25, 0.3) is 12.0 Å². The molecular formula is C13H11F2IN2O. The molecule has 19 heavy (non-hydrogen) atoms. The third-order valence-corrected chi connectivity index (χ3v) is 3.81. The molecule has 0 bridgehead atoms. The van der Waals surface area contributed by atoms with Crippen molar-refractivity contribution in [3.63, 3.8) is 0 Å². The van der Waals surface area contributed by atoms with Crippen LogP contribution in [0.1, 0.15) is 24.6 Å². The number of nitrogens with zero attached hydrogens (tertiary/aromatic N) is 1. The van der Waals surface area contributed by atoms with Gasteiger partial charge in [-0.15, -0.1) is 0 Å². The van der Waals surface area contributed by atoms with Gasteiger partial charge >= 0.3 is 0 Å². The molecule has 3 nitrogen and oxygen atoms in total. The average Bonchev–Trinajstić information content (AvgIpc) is 2.41. The van der Waals surface area contributed by atoms with Gasteiger partial charge in [0.1, 0.15) is 5.82 Å². The molecule has 2 aromatic rings. The largest absolute Gasteiger partial charge is 0.306 e. The second-order valence-corrected chi connectivity index (χ2v) is 5.03. The predicted molar refractivity (Wildman–Crippen MR) is 77.3 cm³/mol. The van der Waals surface area contributed by atoms with E-state index < -0.39 is 6.43 Å². The lowest BCUT2D eigenvalue weighted by Crippen LogP contribution is -2.15. The number of halogens is 3. The number of hydrogen-bond acceptors (Lipinski definition) is 2. The summed E-state index contributed by atoms with van der Waals surface area (Å²) < 4.78 is 25.5. The van der Waals surface area contributed by atoms with E-state index in [0.717, 1.165) is 0 Å². The van der Waals surface area contributed by atoms with Crippen molar-refractivity contribution in [1.82, 2.24) is 9.97 Å². The van der Waals surface area contributed by atoms with E-state index in [2.05, 4.69) is 9.97 Å². The van der Waals surface area contributed by atoms with Crippen molar-refractivity contribution in [2.45, 2.75) is 19.8 Å². The van der Waals surface area contributed by atoms with Gasteiger partial charge < -0.3 is 4.98 Å². The highest BCUT2D eigenvalue weighted by atomic mass is 127. The van der Waals surface area contributed by atoms with E-state index >= 15 is 0 Å². The van der Waals surface area contributed by atoms with Gasteiger partial charge in [-0.1, -0.05) is 31.2 Å².